The van der Waals surface area contributed by atoms with E-state index >= 15 is 0 Å². The highest BCUT2D eigenvalue weighted by molar-refractivity contribution is 5.35. The third kappa shape index (κ3) is 5.08. The maximum Gasteiger partial charge on any atom is 0.119 e. The fourth-order valence-electron chi connectivity index (χ4n) is 1.71. The van der Waals surface area contributed by atoms with Crippen LogP contribution in [0.1, 0.15) is 38.3 Å². The van der Waals surface area contributed by atoms with Crippen LogP contribution < -0.4 is 4.74 Å². The zero-order chi connectivity index (χ0) is 12.7. The maximum absolute atomic E-state index is 5.71. The van der Waals surface area contributed by atoms with Crippen molar-refractivity contribution in [2.75, 3.05) is 6.61 Å². The lowest BCUT2D eigenvalue weighted by Crippen LogP contribution is -2.04. The molecule has 1 rings (SSSR count). The fourth-order valence-corrected chi connectivity index (χ4v) is 1.71. The third-order valence-electron chi connectivity index (χ3n) is 2.71. The van der Waals surface area contributed by atoms with Crippen LogP contribution in [0, 0.1) is 12.8 Å². The van der Waals surface area contributed by atoms with Crippen LogP contribution in [-0.4, -0.2) is 6.61 Å². The van der Waals surface area contributed by atoms with E-state index in [0.717, 1.165) is 25.2 Å². The van der Waals surface area contributed by atoms with E-state index in [1.807, 2.05) is 0 Å². The highest BCUT2D eigenvalue weighted by Crippen LogP contribution is 2.19. The summed E-state index contributed by atoms with van der Waals surface area (Å²) >= 11 is 0. The van der Waals surface area contributed by atoms with Crippen molar-refractivity contribution >= 4 is 0 Å². The lowest BCUT2D eigenvalue weighted by molar-refractivity contribution is 0.271. The van der Waals surface area contributed by atoms with E-state index in [9.17, 15) is 0 Å². The molecule has 1 nitrogen and oxygen atoms in total. The molecule has 0 aromatic heterocycles. The van der Waals surface area contributed by atoms with E-state index in [4.69, 9.17) is 4.74 Å². The molecule has 0 N–H and O–H groups in total. The Kier molecular flexibility index (Phi) is 5.82. The van der Waals surface area contributed by atoms with Crippen LogP contribution in [0.4, 0.5) is 0 Å². The molecular formula is C16H24O. The Bertz CT molecular complexity index is 364. The van der Waals surface area contributed by atoms with Crippen molar-refractivity contribution < 1.29 is 4.74 Å². The largest absolute Gasteiger partial charge is 0.493 e. The van der Waals surface area contributed by atoms with Gasteiger partial charge in [0.1, 0.15) is 5.75 Å². The molecule has 1 heteroatoms. The van der Waals surface area contributed by atoms with Crippen molar-refractivity contribution in [2.45, 2.75) is 40.5 Å². The van der Waals surface area contributed by atoms with Crippen LogP contribution in [0.15, 0.2) is 30.4 Å². The topological polar surface area (TPSA) is 9.23 Å². The van der Waals surface area contributed by atoms with Crippen molar-refractivity contribution in [3.05, 3.63) is 41.5 Å². The van der Waals surface area contributed by atoms with Gasteiger partial charge in [-0.05, 0) is 55.9 Å². The summed E-state index contributed by atoms with van der Waals surface area (Å²) < 4.78 is 5.71. The minimum absolute atomic E-state index is 0.574. The van der Waals surface area contributed by atoms with E-state index in [2.05, 4.69) is 58.0 Å². The molecule has 17 heavy (non-hydrogen) atoms. The van der Waals surface area contributed by atoms with Crippen LogP contribution in [0.3, 0.4) is 0 Å². The summed E-state index contributed by atoms with van der Waals surface area (Å²) in [7, 11) is 0. The molecule has 0 atom stereocenters. The van der Waals surface area contributed by atoms with E-state index in [1.165, 1.54) is 11.1 Å². The molecule has 0 fully saturated rings. The second kappa shape index (κ2) is 7.16. The van der Waals surface area contributed by atoms with Gasteiger partial charge in [-0.2, -0.15) is 0 Å². The predicted octanol–water partition coefficient (Wildman–Crippen LogP) is 4.54. The van der Waals surface area contributed by atoms with E-state index in [-0.39, 0.29) is 0 Å². The Morgan fingerprint density at radius 3 is 2.65 bits per heavy atom. The van der Waals surface area contributed by atoms with Crippen LogP contribution in [-0.2, 0) is 6.42 Å². The van der Waals surface area contributed by atoms with Gasteiger partial charge in [0.2, 0.25) is 0 Å². The molecule has 94 valence electrons. The van der Waals surface area contributed by atoms with Crippen molar-refractivity contribution in [1.29, 1.82) is 0 Å². The number of hydrogen-bond acceptors (Lipinski definition) is 1. The number of aryl methyl sites for hydroxylation is 2. The Balaban J connectivity index is 2.59. The van der Waals surface area contributed by atoms with Gasteiger partial charge in [-0.3, -0.25) is 0 Å². The molecule has 0 spiro atoms. The molecule has 0 aliphatic carbocycles. The molecule has 0 heterocycles. The van der Waals surface area contributed by atoms with Gasteiger partial charge in [0.25, 0.3) is 0 Å². The summed E-state index contributed by atoms with van der Waals surface area (Å²) in [5.41, 5.74) is 2.75. The molecule has 0 saturated carbocycles. The molecule has 0 unspecified atom stereocenters. The number of allylic oxidation sites excluding steroid dienone is 2. The number of benzene rings is 1. The standard InChI is InChI=1S/C16H24O/c1-5-6-7-8-15-9-10-16(11-14(15)4)17-12-13(2)3/h5-6,9-11,13H,7-8,12H2,1-4H3/b6-5-. The van der Waals surface area contributed by atoms with Gasteiger partial charge in [-0.25, -0.2) is 0 Å². The molecule has 0 amide bonds. The summed E-state index contributed by atoms with van der Waals surface area (Å²) in [5, 5.41) is 0. The van der Waals surface area contributed by atoms with Gasteiger partial charge in [0.05, 0.1) is 6.61 Å². The summed E-state index contributed by atoms with van der Waals surface area (Å²) in [6, 6.07) is 6.42. The van der Waals surface area contributed by atoms with Crippen LogP contribution in [0.5, 0.6) is 5.75 Å². The van der Waals surface area contributed by atoms with E-state index in [0.29, 0.717) is 5.92 Å². The van der Waals surface area contributed by atoms with E-state index < -0.39 is 0 Å². The van der Waals surface area contributed by atoms with Crippen LogP contribution >= 0.6 is 0 Å². The molecule has 0 aliphatic rings. The maximum atomic E-state index is 5.71. The number of hydrogen-bond donors (Lipinski definition) is 0. The summed E-state index contributed by atoms with van der Waals surface area (Å²) in [6.07, 6.45) is 6.54. The Morgan fingerprint density at radius 1 is 1.29 bits per heavy atom. The van der Waals surface area contributed by atoms with Crippen molar-refractivity contribution in [2.24, 2.45) is 5.92 Å². The van der Waals surface area contributed by atoms with Gasteiger partial charge >= 0.3 is 0 Å². The molecular weight excluding hydrogens is 208 g/mol. The van der Waals surface area contributed by atoms with E-state index in [1.54, 1.807) is 0 Å². The third-order valence-corrected chi connectivity index (χ3v) is 2.71. The lowest BCUT2D eigenvalue weighted by atomic mass is 10.0. The van der Waals surface area contributed by atoms with Gasteiger partial charge in [-0.1, -0.05) is 32.1 Å². The van der Waals surface area contributed by atoms with Gasteiger partial charge in [0, 0.05) is 0 Å². The van der Waals surface area contributed by atoms with Crippen molar-refractivity contribution in [3.63, 3.8) is 0 Å². The minimum Gasteiger partial charge on any atom is -0.493 e. The van der Waals surface area contributed by atoms with Crippen LogP contribution in [0.2, 0.25) is 0 Å². The molecule has 1 aromatic carbocycles. The normalized spacial score (nSPS) is 11.4. The van der Waals surface area contributed by atoms with Gasteiger partial charge < -0.3 is 4.74 Å². The molecule has 0 bridgehead atoms. The lowest BCUT2D eigenvalue weighted by Gasteiger charge is -2.11. The summed E-state index contributed by atoms with van der Waals surface area (Å²) in [4.78, 5) is 0. The predicted molar refractivity (Wildman–Crippen MR) is 74.6 cm³/mol. The SMILES string of the molecule is C/C=C\CCc1ccc(OCC(C)C)cc1C. The summed E-state index contributed by atoms with van der Waals surface area (Å²) in [5.74, 6) is 1.57. The second-order valence-corrected chi connectivity index (χ2v) is 4.90. The second-order valence-electron chi connectivity index (χ2n) is 4.90. The fraction of sp³-hybridized carbons (Fsp3) is 0.500. The molecule has 1 aromatic rings. The first-order valence-electron chi connectivity index (χ1n) is 6.47. The minimum atomic E-state index is 0.574. The monoisotopic (exact) mass is 232 g/mol. The highest BCUT2D eigenvalue weighted by atomic mass is 16.5. The van der Waals surface area contributed by atoms with Gasteiger partial charge in [-0.15, -0.1) is 0 Å². The van der Waals surface area contributed by atoms with Gasteiger partial charge in [0.15, 0.2) is 0 Å². The van der Waals surface area contributed by atoms with Crippen LogP contribution in [0.25, 0.3) is 0 Å². The molecule has 0 aliphatic heterocycles. The quantitative estimate of drug-likeness (QED) is 0.654. The molecule has 0 radical (unpaired) electrons. The first kappa shape index (κ1) is 13.8. The average Bonchev–Trinajstić information content (AvgIpc) is 2.29. The first-order chi connectivity index (χ1) is 8.13. The Hall–Kier alpha value is -1.24. The smallest absolute Gasteiger partial charge is 0.119 e. The highest BCUT2D eigenvalue weighted by Gasteiger charge is 2.01. The number of ether oxygens (including phenoxy) is 1. The van der Waals surface area contributed by atoms with Crippen molar-refractivity contribution in [3.8, 4) is 5.75 Å². The average molecular weight is 232 g/mol. The molecule has 0 saturated heterocycles. The summed E-state index contributed by atoms with van der Waals surface area (Å²) in [6.45, 7) is 9.34. The zero-order valence-electron chi connectivity index (χ0n) is 11.5. The Morgan fingerprint density at radius 2 is 2.06 bits per heavy atom. The zero-order valence-corrected chi connectivity index (χ0v) is 11.5. The Labute approximate surface area is 106 Å². The number of rotatable bonds is 6. The van der Waals surface area contributed by atoms with Crippen molar-refractivity contribution in [1.82, 2.24) is 0 Å². The first-order valence-corrected chi connectivity index (χ1v) is 6.47.